The van der Waals surface area contributed by atoms with E-state index in [2.05, 4.69) is 54.2 Å². The lowest BCUT2D eigenvalue weighted by Gasteiger charge is -2.31. The SMILES string of the molecule is CCc1cc(Br)cc2c1NC(C(C)C)CC2. The van der Waals surface area contributed by atoms with Crippen LogP contribution in [0.2, 0.25) is 0 Å². The number of fused-ring (bicyclic) bond motifs is 1. The molecule has 2 heteroatoms. The minimum Gasteiger partial charge on any atom is -0.382 e. The maximum atomic E-state index is 3.72. The van der Waals surface area contributed by atoms with Gasteiger partial charge in [-0.1, -0.05) is 36.7 Å². The zero-order valence-corrected chi connectivity index (χ0v) is 11.9. The number of halogens is 1. The van der Waals surface area contributed by atoms with Gasteiger partial charge in [-0.3, -0.25) is 0 Å². The molecule has 0 bridgehead atoms. The lowest BCUT2D eigenvalue weighted by molar-refractivity contribution is 0.482. The van der Waals surface area contributed by atoms with Crippen molar-refractivity contribution in [3.05, 3.63) is 27.7 Å². The van der Waals surface area contributed by atoms with E-state index in [-0.39, 0.29) is 0 Å². The predicted molar refractivity (Wildman–Crippen MR) is 74.1 cm³/mol. The average Bonchev–Trinajstić information content (AvgIpc) is 2.27. The highest BCUT2D eigenvalue weighted by Gasteiger charge is 2.22. The summed E-state index contributed by atoms with van der Waals surface area (Å²) in [5, 5.41) is 3.72. The van der Waals surface area contributed by atoms with E-state index in [1.807, 2.05) is 0 Å². The first-order valence-electron chi connectivity index (χ1n) is 6.19. The zero-order chi connectivity index (χ0) is 11.7. The third-order valence-corrected chi connectivity index (χ3v) is 3.96. The second kappa shape index (κ2) is 4.79. The Labute approximate surface area is 107 Å². The van der Waals surface area contributed by atoms with E-state index in [0.717, 1.165) is 6.42 Å². The van der Waals surface area contributed by atoms with Crippen LogP contribution in [-0.4, -0.2) is 6.04 Å². The molecule has 1 aliphatic heterocycles. The molecule has 1 aromatic carbocycles. The Hall–Kier alpha value is -0.500. The van der Waals surface area contributed by atoms with Crippen molar-refractivity contribution in [2.45, 2.75) is 46.1 Å². The van der Waals surface area contributed by atoms with Gasteiger partial charge in [0.25, 0.3) is 0 Å². The van der Waals surface area contributed by atoms with Crippen LogP contribution in [0.15, 0.2) is 16.6 Å². The summed E-state index contributed by atoms with van der Waals surface area (Å²) in [5.74, 6) is 0.710. The Morgan fingerprint density at radius 3 is 2.81 bits per heavy atom. The molecule has 0 amide bonds. The summed E-state index contributed by atoms with van der Waals surface area (Å²) >= 11 is 3.60. The van der Waals surface area contributed by atoms with Crippen molar-refractivity contribution in [3.8, 4) is 0 Å². The topological polar surface area (TPSA) is 12.0 Å². The van der Waals surface area contributed by atoms with Crippen molar-refractivity contribution in [2.24, 2.45) is 5.92 Å². The molecule has 0 aliphatic carbocycles. The number of aryl methyl sites for hydroxylation is 2. The van der Waals surface area contributed by atoms with Crippen LogP contribution in [0.25, 0.3) is 0 Å². The largest absolute Gasteiger partial charge is 0.382 e. The molecule has 0 saturated carbocycles. The predicted octanol–water partition coefficient (Wildman–Crippen LogP) is 4.39. The third kappa shape index (κ3) is 2.27. The van der Waals surface area contributed by atoms with Crippen molar-refractivity contribution in [2.75, 3.05) is 5.32 Å². The molecule has 0 saturated heterocycles. The smallest absolute Gasteiger partial charge is 0.0408 e. The Morgan fingerprint density at radius 2 is 2.19 bits per heavy atom. The summed E-state index contributed by atoms with van der Waals surface area (Å²) in [4.78, 5) is 0. The van der Waals surface area contributed by atoms with Gasteiger partial charge in [-0.25, -0.2) is 0 Å². The summed E-state index contributed by atoms with van der Waals surface area (Å²) < 4.78 is 1.22. The third-order valence-electron chi connectivity index (χ3n) is 3.51. The number of benzene rings is 1. The molecule has 88 valence electrons. The van der Waals surface area contributed by atoms with Gasteiger partial charge >= 0.3 is 0 Å². The van der Waals surface area contributed by atoms with Gasteiger partial charge in [-0.15, -0.1) is 0 Å². The average molecular weight is 282 g/mol. The van der Waals surface area contributed by atoms with Crippen LogP contribution in [0, 0.1) is 5.92 Å². The molecule has 1 nitrogen and oxygen atoms in total. The number of anilines is 1. The van der Waals surface area contributed by atoms with Crippen molar-refractivity contribution in [1.29, 1.82) is 0 Å². The zero-order valence-electron chi connectivity index (χ0n) is 10.3. The molecule has 1 unspecified atom stereocenters. The molecule has 0 radical (unpaired) electrons. The van der Waals surface area contributed by atoms with E-state index in [0.29, 0.717) is 12.0 Å². The molecule has 0 spiro atoms. The second-order valence-corrected chi connectivity index (χ2v) is 5.90. The fourth-order valence-corrected chi connectivity index (χ4v) is 3.01. The summed E-state index contributed by atoms with van der Waals surface area (Å²) in [6, 6.07) is 5.14. The van der Waals surface area contributed by atoms with E-state index in [1.165, 1.54) is 34.1 Å². The highest BCUT2D eigenvalue weighted by Crippen LogP contribution is 2.33. The highest BCUT2D eigenvalue weighted by atomic mass is 79.9. The highest BCUT2D eigenvalue weighted by molar-refractivity contribution is 9.10. The molecule has 0 fully saturated rings. The van der Waals surface area contributed by atoms with Crippen LogP contribution in [0.4, 0.5) is 5.69 Å². The summed E-state index contributed by atoms with van der Waals surface area (Å²) in [7, 11) is 0. The summed E-state index contributed by atoms with van der Waals surface area (Å²) in [6.45, 7) is 6.82. The van der Waals surface area contributed by atoms with Crippen LogP contribution in [-0.2, 0) is 12.8 Å². The molecular formula is C14H20BrN. The van der Waals surface area contributed by atoms with Gasteiger partial charge in [-0.2, -0.15) is 0 Å². The number of hydrogen-bond donors (Lipinski definition) is 1. The van der Waals surface area contributed by atoms with Crippen LogP contribution in [0.1, 0.15) is 38.3 Å². The first-order chi connectivity index (χ1) is 7.61. The van der Waals surface area contributed by atoms with Crippen LogP contribution in [0.5, 0.6) is 0 Å². The fraction of sp³-hybridized carbons (Fsp3) is 0.571. The van der Waals surface area contributed by atoms with Gasteiger partial charge in [0.15, 0.2) is 0 Å². The number of nitrogens with one attached hydrogen (secondary N) is 1. The number of hydrogen-bond acceptors (Lipinski definition) is 1. The van der Waals surface area contributed by atoms with Gasteiger partial charge in [0.2, 0.25) is 0 Å². The first kappa shape index (κ1) is 12.0. The monoisotopic (exact) mass is 281 g/mol. The summed E-state index contributed by atoms with van der Waals surface area (Å²) in [5.41, 5.74) is 4.31. The van der Waals surface area contributed by atoms with Crippen molar-refractivity contribution in [1.82, 2.24) is 0 Å². The van der Waals surface area contributed by atoms with Crippen molar-refractivity contribution >= 4 is 21.6 Å². The molecule has 1 aliphatic rings. The maximum absolute atomic E-state index is 3.72. The van der Waals surface area contributed by atoms with Gasteiger partial charge in [0, 0.05) is 16.2 Å². The first-order valence-corrected chi connectivity index (χ1v) is 6.99. The van der Waals surface area contributed by atoms with Gasteiger partial charge in [-0.05, 0) is 48.4 Å². The molecule has 1 heterocycles. The van der Waals surface area contributed by atoms with Crippen LogP contribution >= 0.6 is 15.9 Å². The molecule has 16 heavy (non-hydrogen) atoms. The lowest BCUT2D eigenvalue weighted by Crippen LogP contribution is -2.30. The van der Waals surface area contributed by atoms with Crippen molar-refractivity contribution in [3.63, 3.8) is 0 Å². The van der Waals surface area contributed by atoms with Gasteiger partial charge in [0.1, 0.15) is 0 Å². The van der Waals surface area contributed by atoms with E-state index in [9.17, 15) is 0 Å². The molecular weight excluding hydrogens is 262 g/mol. The number of rotatable bonds is 2. The Bertz CT molecular complexity index is 367. The Morgan fingerprint density at radius 1 is 1.44 bits per heavy atom. The van der Waals surface area contributed by atoms with E-state index < -0.39 is 0 Å². The summed E-state index contributed by atoms with van der Waals surface area (Å²) in [6.07, 6.45) is 3.56. The molecule has 1 atom stereocenters. The fourth-order valence-electron chi connectivity index (χ4n) is 2.46. The quantitative estimate of drug-likeness (QED) is 0.848. The minimum absolute atomic E-state index is 0.638. The molecule has 1 N–H and O–H groups in total. The standard InChI is InChI=1S/C14H20BrN/c1-4-10-7-12(15)8-11-5-6-13(9(2)3)16-14(10)11/h7-9,13,16H,4-6H2,1-3H3. The van der Waals surface area contributed by atoms with E-state index >= 15 is 0 Å². The lowest BCUT2D eigenvalue weighted by atomic mass is 9.89. The normalized spacial score (nSPS) is 19.4. The molecule has 0 aromatic heterocycles. The molecule has 1 aromatic rings. The molecule has 2 rings (SSSR count). The van der Waals surface area contributed by atoms with E-state index in [1.54, 1.807) is 0 Å². The van der Waals surface area contributed by atoms with Gasteiger partial charge in [0.05, 0.1) is 0 Å². The van der Waals surface area contributed by atoms with Crippen LogP contribution < -0.4 is 5.32 Å². The minimum atomic E-state index is 0.638. The Kier molecular flexibility index (Phi) is 3.58. The maximum Gasteiger partial charge on any atom is 0.0408 e. The Balaban J connectivity index is 2.36. The second-order valence-electron chi connectivity index (χ2n) is 4.99. The van der Waals surface area contributed by atoms with Gasteiger partial charge < -0.3 is 5.32 Å². The van der Waals surface area contributed by atoms with Crippen LogP contribution in [0.3, 0.4) is 0 Å². The van der Waals surface area contributed by atoms with Crippen molar-refractivity contribution < 1.29 is 0 Å². The van der Waals surface area contributed by atoms with E-state index in [4.69, 9.17) is 0 Å².